The fraction of sp³-hybridized carbons (Fsp3) is 0.182. The molecule has 1 heterocycles. The first-order chi connectivity index (χ1) is 7.11. The van der Waals surface area contributed by atoms with E-state index in [-0.39, 0.29) is 5.43 Å². The number of fused-ring (bicyclic) bond motifs is 1. The highest BCUT2D eigenvalue weighted by atomic mass is 127. The number of halogens is 2. The van der Waals surface area contributed by atoms with E-state index in [2.05, 4.69) is 27.6 Å². The minimum absolute atomic E-state index is 0.0287. The van der Waals surface area contributed by atoms with Gasteiger partial charge in [-0.05, 0) is 41.1 Å². The minimum atomic E-state index is 0.0287. The number of pyridine rings is 1. The van der Waals surface area contributed by atoms with E-state index in [1.165, 1.54) is 0 Å². The van der Waals surface area contributed by atoms with Crippen LogP contribution in [-0.4, -0.2) is 4.98 Å². The normalized spacial score (nSPS) is 10.9. The molecule has 1 aromatic carbocycles. The smallest absolute Gasteiger partial charge is 0.189 e. The van der Waals surface area contributed by atoms with Crippen LogP contribution in [0.1, 0.15) is 12.6 Å². The molecular formula is C11H9ClINO. The van der Waals surface area contributed by atoms with Crippen molar-refractivity contribution < 1.29 is 0 Å². The Labute approximate surface area is 106 Å². The molecule has 78 valence electrons. The Kier molecular flexibility index (Phi) is 3.02. The van der Waals surface area contributed by atoms with Crippen LogP contribution in [0.15, 0.2) is 23.0 Å². The van der Waals surface area contributed by atoms with Gasteiger partial charge in [0.25, 0.3) is 0 Å². The topological polar surface area (TPSA) is 32.9 Å². The molecule has 4 heteroatoms. The fourth-order valence-electron chi connectivity index (χ4n) is 1.52. The molecule has 0 aliphatic heterocycles. The van der Waals surface area contributed by atoms with Gasteiger partial charge in [0.1, 0.15) is 0 Å². The van der Waals surface area contributed by atoms with Crippen LogP contribution in [0, 0.1) is 3.57 Å². The summed E-state index contributed by atoms with van der Waals surface area (Å²) >= 11 is 8.24. The Bertz CT molecular complexity index is 577. The third kappa shape index (κ3) is 2.03. The van der Waals surface area contributed by atoms with Crippen molar-refractivity contribution in [2.45, 2.75) is 13.3 Å². The maximum absolute atomic E-state index is 11.8. The van der Waals surface area contributed by atoms with Gasteiger partial charge in [-0.3, -0.25) is 4.79 Å². The van der Waals surface area contributed by atoms with Gasteiger partial charge in [-0.25, -0.2) is 0 Å². The van der Waals surface area contributed by atoms with E-state index in [0.29, 0.717) is 10.4 Å². The highest BCUT2D eigenvalue weighted by Gasteiger charge is 2.06. The van der Waals surface area contributed by atoms with Crippen LogP contribution in [-0.2, 0) is 6.42 Å². The SMILES string of the molecule is CCc1cc(=O)c2cc(I)cc(Cl)c2[nH]1. The van der Waals surface area contributed by atoms with Crippen LogP contribution in [0.2, 0.25) is 5.02 Å². The van der Waals surface area contributed by atoms with Crippen molar-refractivity contribution >= 4 is 45.1 Å². The second kappa shape index (κ2) is 4.14. The first-order valence-electron chi connectivity index (χ1n) is 4.62. The quantitative estimate of drug-likeness (QED) is 0.798. The average Bonchev–Trinajstić information content (AvgIpc) is 2.19. The van der Waals surface area contributed by atoms with Crippen molar-refractivity contribution in [1.29, 1.82) is 0 Å². The highest BCUT2D eigenvalue weighted by Crippen LogP contribution is 2.22. The van der Waals surface area contributed by atoms with Gasteiger partial charge in [0.15, 0.2) is 5.43 Å². The molecular weight excluding hydrogens is 324 g/mol. The molecule has 2 rings (SSSR count). The second-order valence-electron chi connectivity index (χ2n) is 3.32. The summed E-state index contributed by atoms with van der Waals surface area (Å²) in [6.45, 7) is 2.00. The first kappa shape index (κ1) is 11.0. The van der Waals surface area contributed by atoms with E-state index >= 15 is 0 Å². The van der Waals surface area contributed by atoms with E-state index in [9.17, 15) is 4.79 Å². The Morgan fingerprint density at radius 3 is 2.80 bits per heavy atom. The molecule has 0 aliphatic carbocycles. The number of aromatic amines is 1. The lowest BCUT2D eigenvalue weighted by molar-refractivity contribution is 1.05. The number of hydrogen-bond donors (Lipinski definition) is 1. The minimum Gasteiger partial charge on any atom is -0.357 e. The standard InChI is InChI=1S/C11H9ClINO/c1-2-7-5-10(15)8-3-6(13)4-9(12)11(8)14-7/h3-5H,2H2,1H3,(H,14,15). The predicted octanol–water partition coefficient (Wildman–Crippen LogP) is 3.35. The molecule has 0 fully saturated rings. The molecule has 2 nitrogen and oxygen atoms in total. The van der Waals surface area contributed by atoms with Gasteiger partial charge in [0, 0.05) is 20.7 Å². The first-order valence-corrected chi connectivity index (χ1v) is 6.08. The van der Waals surface area contributed by atoms with Crippen LogP contribution in [0.25, 0.3) is 10.9 Å². The number of H-pyrrole nitrogens is 1. The van der Waals surface area contributed by atoms with Crippen molar-refractivity contribution in [2.24, 2.45) is 0 Å². The Morgan fingerprint density at radius 1 is 1.40 bits per heavy atom. The zero-order valence-electron chi connectivity index (χ0n) is 8.10. The maximum atomic E-state index is 11.8. The molecule has 0 spiro atoms. The summed E-state index contributed by atoms with van der Waals surface area (Å²) in [5, 5.41) is 1.26. The molecule has 2 aromatic rings. The van der Waals surface area contributed by atoms with Crippen molar-refractivity contribution in [2.75, 3.05) is 0 Å². The number of aryl methyl sites for hydroxylation is 1. The number of nitrogens with one attached hydrogen (secondary N) is 1. The lowest BCUT2D eigenvalue weighted by atomic mass is 10.2. The molecule has 0 bridgehead atoms. The van der Waals surface area contributed by atoms with Crippen LogP contribution in [0.4, 0.5) is 0 Å². The molecule has 0 saturated heterocycles. The molecule has 1 aromatic heterocycles. The maximum Gasteiger partial charge on any atom is 0.189 e. The van der Waals surface area contributed by atoms with Crippen LogP contribution >= 0.6 is 34.2 Å². The van der Waals surface area contributed by atoms with Gasteiger partial charge in [-0.2, -0.15) is 0 Å². The van der Waals surface area contributed by atoms with Crippen LogP contribution < -0.4 is 5.43 Å². The van der Waals surface area contributed by atoms with Gasteiger partial charge in [-0.15, -0.1) is 0 Å². The molecule has 0 atom stereocenters. The lowest BCUT2D eigenvalue weighted by Gasteiger charge is -2.04. The second-order valence-corrected chi connectivity index (χ2v) is 4.98. The van der Waals surface area contributed by atoms with E-state index in [1.807, 2.05) is 19.1 Å². The third-order valence-corrected chi connectivity index (χ3v) is 3.21. The monoisotopic (exact) mass is 333 g/mol. The van der Waals surface area contributed by atoms with Crippen molar-refractivity contribution in [3.63, 3.8) is 0 Å². The predicted molar refractivity (Wildman–Crippen MR) is 71.7 cm³/mol. The molecule has 0 radical (unpaired) electrons. The summed E-state index contributed by atoms with van der Waals surface area (Å²) in [5.41, 5.74) is 1.68. The van der Waals surface area contributed by atoms with E-state index < -0.39 is 0 Å². The average molecular weight is 334 g/mol. The zero-order chi connectivity index (χ0) is 11.0. The zero-order valence-corrected chi connectivity index (χ0v) is 11.0. The van der Waals surface area contributed by atoms with Gasteiger partial charge in [0.05, 0.1) is 10.5 Å². The largest absolute Gasteiger partial charge is 0.357 e. The summed E-state index contributed by atoms with van der Waals surface area (Å²) in [4.78, 5) is 15.0. The molecule has 15 heavy (non-hydrogen) atoms. The third-order valence-electron chi connectivity index (χ3n) is 2.29. The summed E-state index contributed by atoms with van der Waals surface area (Å²) in [7, 11) is 0. The van der Waals surface area contributed by atoms with E-state index in [1.54, 1.807) is 6.07 Å². The number of hydrogen-bond acceptors (Lipinski definition) is 1. The Morgan fingerprint density at radius 2 is 2.13 bits per heavy atom. The van der Waals surface area contributed by atoms with Gasteiger partial charge in [0.2, 0.25) is 0 Å². The summed E-state index contributed by atoms with van der Waals surface area (Å²) in [5.74, 6) is 0. The van der Waals surface area contributed by atoms with Crippen LogP contribution in [0.5, 0.6) is 0 Å². The lowest BCUT2D eigenvalue weighted by Crippen LogP contribution is -2.05. The Balaban J connectivity index is 2.91. The van der Waals surface area contributed by atoms with Crippen molar-refractivity contribution in [3.8, 4) is 0 Å². The molecule has 0 unspecified atom stereocenters. The molecule has 0 amide bonds. The number of benzene rings is 1. The summed E-state index contributed by atoms with van der Waals surface area (Å²) < 4.78 is 0.972. The van der Waals surface area contributed by atoms with Gasteiger partial charge in [-0.1, -0.05) is 18.5 Å². The van der Waals surface area contributed by atoms with Gasteiger partial charge < -0.3 is 4.98 Å². The molecule has 0 saturated carbocycles. The molecule has 0 aliphatic rings. The van der Waals surface area contributed by atoms with E-state index in [4.69, 9.17) is 11.6 Å². The number of rotatable bonds is 1. The highest BCUT2D eigenvalue weighted by molar-refractivity contribution is 14.1. The fourth-order valence-corrected chi connectivity index (χ4v) is 2.59. The van der Waals surface area contributed by atoms with Gasteiger partial charge >= 0.3 is 0 Å². The summed E-state index contributed by atoms with van der Waals surface area (Å²) in [6, 6.07) is 5.33. The van der Waals surface area contributed by atoms with Crippen molar-refractivity contribution in [1.82, 2.24) is 4.98 Å². The summed E-state index contributed by atoms with van der Waals surface area (Å²) in [6.07, 6.45) is 0.799. The Hall–Kier alpha value is -0.550. The van der Waals surface area contributed by atoms with E-state index in [0.717, 1.165) is 21.2 Å². The number of aromatic nitrogens is 1. The molecule has 1 N–H and O–H groups in total. The van der Waals surface area contributed by atoms with Crippen molar-refractivity contribution in [3.05, 3.63) is 42.7 Å². The van der Waals surface area contributed by atoms with Crippen LogP contribution in [0.3, 0.4) is 0 Å².